The summed E-state index contributed by atoms with van der Waals surface area (Å²) < 4.78 is 16.8. The van der Waals surface area contributed by atoms with Crippen LogP contribution < -0.4 is 24.6 Å². The molecule has 7 heteroatoms. The number of carbonyl (C=O) groups is 1. The Bertz CT molecular complexity index is 991. The molecule has 3 aliphatic heterocycles. The van der Waals surface area contributed by atoms with Crippen LogP contribution in [-0.4, -0.2) is 65.1 Å². The summed E-state index contributed by atoms with van der Waals surface area (Å²) in [4.78, 5) is 18.2. The van der Waals surface area contributed by atoms with E-state index in [-0.39, 0.29) is 24.0 Å². The molecule has 5 rings (SSSR count). The fourth-order valence-corrected chi connectivity index (χ4v) is 5.47. The second-order valence-electron chi connectivity index (χ2n) is 9.06. The van der Waals surface area contributed by atoms with Crippen LogP contribution in [0.25, 0.3) is 0 Å². The first-order valence-electron chi connectivity index (χ1n) is 11.9. The van der Waals surface area contributed by atoms with Crippen LogP contribution in [0.3, 0.4) is 0 Å². The van der Waals surface area contributed by atoms with E-state index in [4.69, 9.17) is 14.2 Å². The highest BCUT2D eigenvalue weighted by Gasteiger charge is 2.42. The fourth-order valence-electron chi connectivity index (χ4n) is 5.47. The van der Waals surface area contributed by atoms with Crippen LogP contribution in [0.1, 0.15) is 18.4 Å². The average molecular weight is 452 g/mol. The summed E-state index contributed by atoms with van der Waals surface area (Å²) in [6.45, 7) is 3.84. The summed E-state index contributed by atoms with van der Waals surface area (Å²) in [6.07, 6.45) is 2.95. The van der Waals surface area contributed by atoms with Gasteiger partial charge < -0.3 is 29.3 Å². The highest BCUT2D eigenvalue weighted by molar-refractivity contribution is 5.82. The number of methoxy groups -OCH3 is 2. The molecular weight excluding hydrogens is 418 g/mol. The summed E-state index contributed by atoms with van der Waals surface area (Å²) in [7, 11) is 3.41. The van der Waals surface area contributed by atoms with Crippen LogP contribution in [0.4, 0.5) is 11.4 Å². The van der Waals surface area contributed by atoms with Gasteiger partial charge in [0.1, 0.15) is 11.5 Å². The number of hydrogen-bond acceptors (Lipinski definition) is 6. The van der Waals surface area contributed by atoms with Crippen molar-refractivity contribution in [3.63, 3.8) is 0 Å². The molecule has 1 N–H and O–H groups in total. The van der Waals surface area contributed by atoms with Crippen LogP contribution in [0.2, 0.25) is 0 Å². The van der Waals surface area contributed by atoms with Gasteiger partial charge in [0, 0.05) is 44.5 Å². The Hall–Kier alpha value is -2.93. The van der Waals surface area contributed by atoms with Gasteiger partial charge >= 0.3 is 0 Å². The van der Waals surface area contributed by atoms with E-state index in [0.29, 0.717) is 6.54 Å². The number of ether oxygens (including phenoxy) is 3. The standard InChI is InChI=1S/C26H33N3O4/c1-31-19-10-9-18-14-21(26(30)27-16-20-6-5-13-33-20)24-17-28(11-12-29(24)23(18)15-19)22-7-3-4-8-25(22)32-2/h3-4,7-10,15,20-21,24H,5-6,11-14,16-17H2,1-2H3,(H,27,30)/t20-,21+,24-/m1/s1. The van der Waals surface area contributed by atoms with Crippen molar-refractivity contribution in [1.82, 2.24) is 5.32 Å². The molecule has 3 atom stereocenters. The molecule has 2 aromatic rings. The predicted octanol–water partition coefficient (Wildman–Crippen LogP) is 2.87. The van der Waals surface area contributed by atoms with Gasteiger partial charge in [-0.2, -0.15) is 0 Å². The van der Waals surface area contributed by atoms with Crippen LogP contribution >= 0.6 is 0 Å². The number of amides is 1. The Morgan fingerprint density at radius 1 is 1.12 bits per heavy atom. The molecule has 0 unspecified atom stereocenters. The SMILES string of the molecule is COc1ccc2c(c1)N1CCN(c3ccccc3OC)C[C@@H]1[C@@H](C(=O)NC[C@H]1CCCO1)C2. The van der Waals surface area contributed by atoms with Gasteiger partial charge in [-0.15, -0.1) is 0 Å². The number of fused-ring (bicyclic) bond motifs is 3. The molecule has 1 amide bonds. The number of nitrogens with zero attached hydrogens (tertiary/aromatic N) is 2. The Morgan fingerprint density at radius 3 is 2.79 bits per heavy atom. The molecular formula is C26H33N3O4. The van der Waals surface area contributed by atoms with E-state index in [0.717, 1.165) is 62.7 Å². The molecule has 0 spiro atoms. The van der Waals surface area contributed by atoms with Crippen LogP contribution in [0.15, 0.2) is 42.5 Å². The molecule has 2 aromatic carbocycles. The van der Waals surface area contributed by atoms with Crippen LogP contribution in [0.5, 0.6) is 11.5 Å². The first-order valence-corrected chi connectivity index (χ1v) is 11.9. The van der Waals surface area contributed by atoms with Crippen molar-refractivity contribution in [2.45, 2.75) is 31.4 Å². The summed E-state index contributed by atoms with van der Waals surface area (Å²) in [5.41, 5.74) is 3.46. The maximum Gasteiger partial charge on any atom is 0.225 e. The van der Waals surface area contributed by atoms with Crippen molar-refractivity contribution in [2.24, 2.45) is 5.92 Å². The third kappa shape index (κ3) is 4.34. The van der Waals surface area contributed by atoms with E-state index >= 15 is 0 Å². The topological polar surface area (TPSA) is 63.3 Å². The number of rotatable bonds is 6. The van der Waals surface area contributed by atoms with E-state index < -0.39 is 0 Å². The minimum absolute atomic E-state index is 0.0627. The molecule has 0 aliphatic carbocycles. The quantitative estimate of drug-likeness (QED) is 0.729. The largest absolute Gasteiger partial charge is 0.497 e. The highest BCUT2D eigenvalue weighted by atomic mass is 16.5. The molecule has 3 aliphatic rings. The maximum atomic E-state index is 13.4. The average Bonchev–Trinajstić information content (AvgIpc) is 3.40. The van der Waals surface area contributed by atoms with E-state index in [1.165, 1.54) is 11.3 Å². The highest BCUT2D eigenvalue weighted by Crippen LogP contribution is 2.40. The Labute approximate surface area is 195 Å². The van der Waals surface area contributed by atoms with Gasteiger partial charge in [0.15, 0.2) is 0 Å². The number of benzene rings is 2. The smallest absolute Gasteiger partial charge is 0.225 e. The lowest BCUT2D eigenvalue weighted by Gasteiger charge is -2.49. The van der Waals surface area contributed by atoms with E-state index in [1.54, 1.807) is 14.2 Å². The van der Waals surface area contributed by atoms with Crippen LogP contribution in [-0.2, 0) is 16.0 Å². The van der Waals surface area contributed by atoms with E-state index in [9.17, 15) is 4.79 Å². The molecule has 0 saturated carbocycles. The third-order valence-corrected chi connectivity index (χ3v) is 7.22. The van der Waals surface area contributed by atoms with Gasteiger partial charge in [-0.05, 0) is 43.0 Å². The number of anilines is 2. The molecule has 2 saturated heterocycles. The zero-order valence-electron chi connectivity index (χ0n) is 19.5. The minimum Gasteiger partial charge on any atom is -0.497 e. The lowest BCUT2D eigenvalue weighted by Crippen LogP contribution is -2.61. The Morgan fingerprint density at radius 2 is 2.00 bits per heavy atom. The Balaban J connectivity index is 1.42. The number of piperazine rings is 1. The van der Waals surface area contributed by atoms with Gasteiger partial charge in [-0.3, -0.25) is 4.79 Å². The summed E-state index contributed by atoms with van der Waals surface area (Å²) in [5, 5.41) is 3.20. The molecule has 0 aromatic heterocycles. The second-order valence-corrected chi connectivity index (χ2v) is 9.06. The molecule has 3 heterocycles. The number of hydrogen-bond donors (Lipinski definition) is 1. The molecule has 0 radical (unpaired) electrons. The molecule has 0 bridgehead atoms. The van der Waals surface area contributed by atoms with Crippen molar-refractivity contribution < 1.29 is 19.0 Å². The molecule has 2 fully saturated rings. The van der Waals surface area contributed by atoms with Crippen molar-refractivity contribution >= 4 is 17.3 Å². The van der Waals surface area contributed by atoms with Gasteiger partial charge in [0.2, 0.25) is 5.91 Å². The monoisotopic (exact) mass is 451 g/mol. The van der Waals surface area contributed by atoms with Gasteiger partial charge in [0.05, 0.1) is 38.0 Å². The van der Waals surface area contributed by atoms with Crippen molar-refractivity contribution in [3.8, 4) is 11.5 Å². The number of carbonyl (C=O) groups excluding carboxylic acids is 1. The summed E-state index contributed by atoms with van der Waals surface area (Å²) in [6, 6.07) is 14.4. The molecule has 176 valence electrons. The van der Waals surface area contributed by atoms with E-state index in [1.807, 2.05) is 24.3 Å². The lowest BCUT2D eigenvalue weighted by molar-refractivity contribution is -0.126. The summed E-state index contributed by atoms with van der Waals surface area (Å²) in [5.74, 6) is 1.69. The van der Waals surface area contributed by atoms with Gasteiger partial charge in [-0.25, -0.2) is 0 Å². The van der Waals surface area contributed by atoms with E-state index in [2.05, 4.69) is 33.3 Å². The maximum absolute atomic E-state index is 13.4. The zero-order valence-corrected chi connectivity index (χ0v) is 19.5. The second kappa shape index (κ2) is 9.51. The molecule has 7 nitrogen and oxygen atoms in total. The first-order chi connectivity index (χ1) is 16.2. The summed E-state index contributed by atoms with van der Waals surface area (Å²) >= 11 is 0. The molecule has 33 heavy (non-hydrogen) atoms. The van der Waals surface area contributed by atoms with Crippen LogP contribution in [0, 0.1) is 5.92 Å². The predicted molar refractivity (Wildman–Crippen MR) is 129 cm³/mol. The van der Waals surface area contributed by atoms with Crippen molar-refractivity contribution in [2.75, 3.05) is 56.8 Å². The normalized spacial score (nSPS) is 24.1. The third-order valence-electron chi connectivity index (χ3n) is 7.22. The first kappa shape index (κ1) is 21.9. The fraction of sp³-hybridized carbons (Fsp3) is 0.500. The Kier molecular flexibility index (Phi) is 6.31. The van der Waals surface area contributed by atoms with Crippen molar-refractivity contribution in [3.05, 3.63) is 48.0 Å². The minimum atomic E-state index is -0.134. The zero-order chi connectivity index (χ0) is 22.8. The van der Waals surface area contributed by atoms with Crippen molar-refractivity contribution in [1.29, 1.82) is 0 Å². The van der Waals surface area contributed by atoms with Gasteiger partial charge in [-0.1, -0.05) is 18.2 Å². The van der Waals surface area contributed by atoms with Gasteiger partial charge in [0.25, 0.3) is 0 Å². The number of nitrogens with one attached hydrogen (secondary N) is 1. The number of para-hydroxylation sites is 2. The lowest BCUT2D eigenvalue weighted by atomic mass is 9.83.